The van der Waals surface area contributed by atoms with Crippen molar-refractivity contribution in [2.75, 3.05) is 0 Å². The van der Waals surface area contributed by atoms with Crippen LogP contribution < -0.4 is 5.32 Å². The lowest BCUT2D eigenvalue weighted by Crippen LogP contribution is -2.66. The molecule has 0 radical (unpaired) electrons. The van der Waals surface area contributed by atoms with Crippen LogP contribution >= 0.6 is 0 Å². The summed E-state index contributed by atoms with van der Waals surface area (Å²) in [6.45, 7) is 12.5. The number of carbonyl (C=O) groups excluding carboxylic acids is 1. The van der Waals surface area contributed by atoms with E-state index in [2.05, 4.69) is 46.0 Å². The van der Waals surface area contributed by atoms with E-state index in [1.807, 2.05) is 0 Å². The first-order chi connectivity index (χ1) is 8.53. The van der Waals surface area contributed by atoms with Gasteiger partial charge < -0.3 is 10.4 Å². The van der Waals surface area contributed by atoms with Crippen LogP contribution in [0.3, 0.4) is 0 Å². The molecule has 0 aliphatic heterocycles. The highest BCUT2D eigenvalue weighted by Crippen LogP contribution is 2.57. The molecule has 0 spiro atoms. The van der Waals surface area contributed by atoms with Gasteiger partial charge in [0.05, 0.1) is 11.6 Å². The molecule has 0 aromatic heterocycles. The maximum Gasteiger partial charge on any atom is 0.217 e. The average Bonchev–Trinajstić information content (AvgIpc) is 2.31. The third-order valence-corrected chi connectivity index (χ3v) is 5.77. The SMILES string of the molecule is CC(=O)N[C@]12C=C(C)C(C)(C)[C@H](C[C@H]1O)CC2(C)C. The normalized spacial score (nSPS) is 39.4. The van der Waals surface area contributed by atoms with Crippen LogP contribution in [-0.2, 0) is 4.79 Å². The molecule has 0 heterocycles. The topological polar surface area (TPSA) is 49.3 Å². The second-order valence-corrected chi connectivity index (χ2v) is 7.64. The first-order valence-corrected chi connectivity index (χ1v) is 7.20. The smallest absolute Gasteiger partial charge is 0.217 e. The summed E-state index contributed by atoms with van der Waals surface area (Å²) in [5, 5.41) is 13.8. The third kappa shape index (κ3) is 1.94. The fourth-order valence-electron chi connectivity index (χ4n) is 4.05. The summed E-state index contributed by atoms with van der Waals surface area (Å²) in [6.07, 6.45) is 3.39. The van der Waals surface area contributed by atoms with Crippen molar-refractivity contribution in [3.05, 3.63) is 11.6 Å². The van der Waals surface area contributed by atoms with E-state index in [0.717, 1.165) is 12.8 Å². The van der Waals surface area contributed by atoms with Crippen LogP contribution in [-0.4, -0.2) is 22.7 Å². The van der Waals surface area contributed by atoms with Crippen LogP contribution in [0.25, 0.3) is 0 Å². The summed E-state index contributed by atoms with van der Waals surface area (Å²) in [6, 6.07) is 0. The van der Waals surface area contributed by atoms with Crippen LogP contribution in [0.15, 0.2) is 11.6 Å². The quantitative estimate of drug-likeness (QED) is 0.716. The fraction of sp³-hybridized carbons (Fsp3) is 0.812. The van der Waals surface area contributed by atoms with E-state index in [4.69, 9.17) is 0 Å². The number of amides is 1. The molecular weight excluding hydrogens is 238 g/mol. The van der Waals surface area contributed by atoms with Crippen LogP contribution in [0.1, 0.15) is 54.4 Å². The van der Waals surface area contributed by atoms with E-state index in [1.165, 1.54) is 12.5 Å². The van der Waals surface area contributed by atoms with Gasteiger partial charge in [-0.15, -0.1) is 0 Å². The molecule has 3 heteroatoms. The number of nitrogens with one attached hydrogen (secondary N) is 1. The lowest BCUT2D eigenvalue weighted by atomic mass is 9.57. The highest BCUT2D eigenvalue weighted by Gasteiger charge is 2.58. The molecule has 0 saturated heterocycles. The van der Waals surface area contributed by atoms with Crippen molar-refractivity contribution in [3.63, 3.8) is 0 Å². The van der Waals surface area contributed by atoms with Gasteiger partial charge >= 0.3 is 0 Å². The average molecular weight is 265 g/mol. The molecule has 1 amide bonds. The highest BCUT2D eigenvalue weighted by molar-refractivity contribution is 5.74. The molecular formula is C16H27NO2. The number of hydrogen-bond donors (Lipinski definition) is 2. The Labute approximate surface area is 116 Å². The lowest BCUT2D eigenvalue weighted by Gasteiger charge is -2.53. The maximum absolute atomic E-state index is 11.7. The standard InChI is InChI=1S/C16H27NO2/c1-10-8-16(17-11(2)18)13(19)7-12(15(10,5)6)9-14(16,3)4/h8,12-13,19H,7,9H2,1-6H3,(H,17,18)/t12-,13-,16-/m1/s1. The molecule has 2 bridgehead atoms. The van der Waals surface area contributed by atoms with Gasteiger partial charge in [-0.1, -0.05) is 39.3 Å². The van der Waals surface area contributed by atoms with Crippen molar-refractivity contribution in [1.29, 1.82) is 0 Å². The fourth-order valence-corrected chi connectivity index (χ4v) is 4.05. The van der Waals surface area contributed by atoms with Crippen molar-refractivity contribution in [1.82, 2.24) is 5.32 Å². The summed E-state index contributed by atoms with van der Waals surface area (Å²) in [5.74, 6) is 0.382. The molecule has 0 aromatic rings. The van der Waals surface area contributed by atoms with Gasteiger partial charge in [-0.3, -0.25) is 4.79 Å². The number of aliphatic hydroxyl groups is 1. The second kappa shape index (κ2) is 4.08. The number of carbonyl (C=O) groups is 1. The van der Waals surface area contributed by atoms with E-state index < -0.39 is 11.6 Å². The predicted molar refractivity (Wildman–Crippen MR) is 76.6 cm³/mol. The van der Waals surface area contributed by atoms with E-state index in [1.54, 1.807) is 0 Å². The van der Waals surface area contributed by atoms with Crippen molar-refractivity contribution < 1.29 is 9.90 Å². The molecule has 3 aliphatic rings. The third-order valence-electron chi connectivity index (χ3n) is 5.77. The summed E-state index contributed by atoms with van der Waals surface area (Å²) in [7, 11) is 0. The van der Waals surface area contributed by atoms with Crippen LogP contribution in [0, 0.1) is 16.7 Å². The van der Waals surface area contributed by atoms with Gasteiger partial charge in [-0.25, -0.2) is 0 Å². The Morgan fingerprint density at radius 1 is 1.37 bits per heavy atom. The van der Waals surface area contributed by atoms with Crippen molar-refractivity contribution >= 4 is 5.91 Å². The van der Waals surface area contributed by atoms with Gasteiger partial charge in [0.25, 0.3) is 0 Å². The molecule has 3 atom stereocenters. The Morgan fingerprint density at radius 3 is 2.42 bits per heavy atom. The maximum atomic E-state index is 11.7. The minimum atomic E-state index is -0.632. The molecule has 0 aromatic carbocycles. The molecule has 0 unspecified atom stereocenters. The monoisotopic (exact) mass is 265 g/mol. The lowest BCUT2D eigenvalue weighted by molar-refractivity contribution is -0.127. The zero-order valence-electron chi connectivity index (χ0n) is 13.0. The van der Waals surface area contributed by atoms with Gasteiger partial charge in [-0.2, -0.15) is 0 Å². The van der Waals surface area contributed by atoms with Gasteiger partial charge in [0, 0.05) is 6.92 Å². The number of aliphatic hydroxyl groups excluding tert-OH is 1. The largest absolute Gasteiger partial charge is 0.390 e. The molecule has 1 fully saturated rings. The predicted octanol–water partition coefficient (Wildman–Crippen LogP) is 2.64. The molecule has 19 heavy (non-hydrogen) atoms. The Balaban J connectivity index is 2.62. The minimum Gasteiger partial charge on any atom is -0.390 e. The number of fused-ring (bicyclic) bond motifs is 3. The van der Waals surface area contributed by atoms with Crippen molar-refractivity contribution in [2.45, 2.75) is 66.0 Å². The number of rotatable bonds is 1. The van der Waals surface area contributed by atoms with Crippen LogP contribution in [0.4, 0.5) is 0 Å². The van der Waals surface area contributed by atoms with Crippen molar-refractivity contribution in [3.8, 4) is 0 Å². The second-order valence-electron chi connectivity index (χ2n) is 7.64. The van der Waals surface area contributed by atoms with E-state index in [-0.39, 0.29) is 16.7 Å². The molecule has 3 nitrogen and oxygen atoms in total. The zero-order valence-corrected chi connectivity index (χ0v) is 13.0. The Morgan fingerprint density at radius 2 is 1.95 bits per heavy atom. The van der Waals surface area contributed by atoms with E-state index in [9.17, 15) is 9.90 Å². The zero-order chi connectivity index (χ0) is 14.6. The molecule has 3 rings (SSSR count). The van der Waals surface area contributed by atoms with Gasteiger partial charge in [-0.05, 0) is 36.5 Å². The Kier molecular flexibility index (Phi) is 3.13. The number of allylic oxidation sites excluding steroid dienone is 1. The minimum absolute atomic E-state index is 0.0747. The van der Waals surface area contributed by atoms with Gasteiger partial charge in [0.2, 0.25) is 5.91 Å². The van der Waals surface area contributed by atoms with E-state index in [0.29, 0.717) is 5.92 Å². The summed E-state index contributed by atoms with van der Waals surface area (Å²) in [5.41, 5.74) is 0.575. The van der Waals surface area contributed by atoms with Crippen LogP contribution in [0.5, 0.6) is 0 Å². The highest BCUT2D eigenvalue weighted by atomic mass is 16.3. The first-order valence-electron chi connectivity index (χ1n) is 7.20. The van der Waals surface area contributed by atoms with Crippen LogP contribution in [0.2, 0.25) is 0 Å². The Hall–Kier alpha value is -0.830. The first kappa shape index (κ1) is 14.6. The number of hydrogen-bond acceptors (Lipinski definition) is 2. The molecule has 108 valence electrons. The van der Waals surface area contributed by atoms with E-state index >= 15 is 0 Å². The summed E-state index contributed by atoms with van der Waals surface area (Å²) >= 11 is 0. The van der Waals surface area contributed by atoms with Gasteiger partial charge in [0.15, 0.2) is 0 Å². The van der Waals surface area contributed by atoms with Crippen molar-refractivity contribution in [2.24, 2.45) is 16.7 Å². The van der Waals surface area contributed by atoms with Gasteiger partial charge in [0.1, 0.15) is 0 Å². The molecule has 1 saturated carbocycles. The molecule has 3 aliphatic carbocycles. The summed E-state index contributed by atoms with van der Waals surface area (Å²) in [4.78, 5) is 11.7. The summed E-state index contributed by atoms with van der Waals surface area (Å²) < 4.78 is 0. The Bertz CT molecular complexity index is 436. The molecule has 2 N–H and O–H groups in total.